The summed E-state index contributed by atoms with van der Waals surface area (Å²) < 4.78 is 11.3. The van der Waals surface area contributed by atoms with E-state index in [1.165, 1.54) is 5.56 Å². The lowest BCUT2D eigenvalue weighted by atomic mass is 9.99. The fraction of sp³-hybridized carbons (Fsp3) is 0.294. The van der Waals surface area contributed by atoms with Gasteiger partial charge in [-0.1, -0.05) is 12.1 Å². The summed E-state index contributed by atoms with van der Waals surface area (Å²) in [5.74, 6) is 1.55. The molecule has 0 spiro atoms. The normalized spacial score (nSPS) is 10.3. The van der Waals surface area contributed by atoms with Crippen molar-refractivity contribution < 1.29 is 9.47 Å². The van der Waals surface area contributed by atoms with Gasteiger partial charge in [0.05, 0.1) is 13.2 Å². The number of ether oxygens (including phenoxy) is 2. The lowest BCUT2D eigenvalue weighted by Crippen LogP contribution is -1.99. The maximum absolute atomic E-state index is 5.88. The minimum absolute atomic E-state index is 0.611. The van der Waals surface area contributed by atoms with Gasteiger partial charge < -0.3 is 15.2 Å². The van der Waals surface area contributed by atoms with E-state index in [0.29, 0.717) is 13.2 Å². The largest absolute Gasteiger partial charge is 0.490 e. The van der Waals surface area contributed by atoms with Crippen LogP contribution in [0.15, 0.2) is 36.4 Å². The van der Waals surface area contributed by atoms with Crippen LogP contribution in [0, 0.1) is 6.92 Å². The van der Waals surface area contributed by atoms with Gasteiger partial charge >= 0.3 is 0 Å². The highest BCUT2D eigenvalue weighted by Crippen LogP contribution is 2.34. The van der Waals surface area contributed by atoms with Crippen molar-refractivity contribution in [2.75, 3.05) is 18.9 Å². The summed E-state index contributed by atoms with van der Waals surface area (Å²) in [6.45, 7) is 7.24. The molecule has 0 saturated heterocycles. The van der Waals surface area contributed by atoms with Crippen LogP contribution in [-0.2, 0) is 0 Å². The minimum Gasteiger partial charge on any atom is -0.490 e. The predicted octanol–water partition coefficient (Wildman–Crippen LogP) is 4.04. The van der Waals surface area contributed by atoms with Gasteiger partial charge in [-0.25, -0.2) is 0 Å². The van der Waals surface area contributed by atoms with Crippen LogP contribution in [0.1, 0.15) is 19.4 Å². The third-order valence-electron chi connectivity index (χ3n) is 3.12. The molecule has 0 bridgehead atoms. The summed E-state index contributed by atoms with van der Waals surface area (Å²) in [5, 5.41) is 0. The van der Waals surface area contributed by atoms with Crippen molar-refractivity contribution in [2.45, 2.75) is 20.8 Å². The molecule has 0 radical (unpaired) electrons. The number of benzene rings is 2. The number of nitrogens with two attached hydrogens (primary N) is 1. The standard InChI is InChI=1S/C17H21NO2/c1-4-19-16-9-7-13(10-17(16)20-5-2)15-11-14(18)8-6-12(15)3/h6-11H,4-5,18H2,1-3H3. The third kappa shape index (κ3) is 3.05. The Balaban J connectivity index is 2.46. The Labute approximate surface area is 120 Å². The van der Waals surface area contributed by atoms with E-state index < -0.39 is 0 Å². The molecular formula is C17H21NO2. The molecule has 2 rings (SSSR count). The Bertz CT molecular complexity index is 594. The Morgan fingerprint density at radius 2 is 1.60 bits per heavy atom. The summed E-state index contributed by atoms with van der Waals surface area (Å²) in [4.78, 5) is 0. The molecule has 0 fully saturated rings. The van der Waals surface area contributed by atoms with Crippen LogP contribution in [0.4, 0.5) is 5.69 Å². The molecule has 0 heterocycles. The molecule has 0 aliphatic rings. The van der Waals surface area contributed by atoms with Crippen molar-refractivity contribution in [1.82, 2.24) is 0 Å². The van der Waals surface area contributed by atoms with Crippen molar-refractivity contribution >= 4 is 5.69 Å². The highest BCUT2D eigenvalue weighted by molar-refractivity contribution is 5.73. The average molecular weight is 271 g/mol. The van der Waals surface area contributed by atoms with E-state index in [2.05, 4.69) is 6.92 Å². The maximum Gasteiger partial charge on any atom is 0.161 e. The quantitative estimate of drug-likeness (QED) is 0.835. The van der Waals surface area contributed by atoms with Crippen molar-refractivity contribution in [3.05, 3.63) is 42.0 Å². The Kier molecular flexibility index (Phi) is 4.51. The topological polar surface area (TPSA) is 44.5 Å². The fourth-order valence-corrected chi connectivity index (χ4v) is 2.17. The first-order valence-electron chi connectivity index (χ1n) is 6.91. The molecule has 3 heteroatoms. The van der Waals surface area contributed by atoms with Gasteiger partial charge in [-0.05, 0) is 61.7 Å². The van der Waals surface area contributed by atoms with Gasteiger partial charge in [-0.3, -0.25) is 0 Å². The first-order chi connectivity index (χ1) is 9.65. The molecule has 0 amide bonds. The molecule has 2 aromatic rings. The molecule has 3 nitrogen and oxygen atoms in total. The Morgan fingerprint density at radius 1 is 0.900 bits per heavy atom. The van der Waals surface area contributed by atoms with E-state index in [-0.39, 0.29) is 0 Å². The summed E-state index contributed by atoms with van der Waals surface area (Å²) in [6.07, 6.45) is 0. The average Bonchev–Trinajstić information content (AvgIpc) is 2.44. The van der Waals surface area contributed by atoms with Gasteiger partial charge in [0, 0.05) is 5.69 Å². The summed E-state index contributed by atoms with van der Waals surface area (Å²) in [7, 11) is 0. The van der Waals surface area contributed by atoms with E-state index in [9.17, 15) is 0 Å². The Hall–Kier alpha value is -2.16. The Morgan fingerprint density at radius 3 is 2.30 bits per heavy atom. The molecule has 2 aromatic carbocycles. The monoisotopic (exact) mass is 271 g/mol. The van der Waals surface area contributed by atoms with E-state index >= 15 is 0 Å². The number of rotatable bonds is 5. The van der Waals surface area contributed by atoms with Crippen molar-refractivity contribution in [3.8, 4) is 22.6 Å². The zero-order chi connectivity index (χ0) is 14.5. The van der Waals surface area contributed by atoms with Crippen molar-refractivity contribution in [3.63, 3.8) is 0 Å². The first kappa shape index (κ1) is 14.3. The third-order valence-corrected chi connectivity index (χ3v) is 3.12. The van der Waals surface area contributed by atoms with E-state index in [0.717, 1.165) is 28.3 Å². The maximum atomic E-state index is 5.88. The van der Waals surface area contributed by atoms with Gasteiger partial charge in [-0.2, -0.15) is 0 Å². The first-order valence-corrected chi connectivity index (χ1v) is 6.91. The highest BCUT2D eigenvalue weighted by Gasteiger charge is 2.09. The highest BCUT2D eigenvalue weighted by atomic mass is 16.5. The molecule has 0 saturated carbocycles. The molecule has 20 heavy (non-hydrogen) atoms. The van der Waals surface area contributed by atoms with Gasteiger partial charge in [-0.15, -0.1) is 0 Å². The van der Waals surface area contributed by atoms with E-state index in [1.807, 2.05) is 50.2 Å². The van der Waals surface area contributed by atoms with E-state index in [1.54, 1.807) is 0 Å². The molecule has 2 N–H and O–H groups in total. The number of hydrogen-bond donors (Lipinski definition) is 1. The van der Waals surface area contributed by atoms with Crippen LogP contribution >= 0.6 is 0 Å². The molecular weight excluding hydrogens is 250 g/mol. The van der Waals surface area contributed by atoms with E-state index in [4.69, 9.17) is 15.2 Å². The van der Waals surface area contributed by atoms with Gasteiger partial charge in [0.1, 0.15) is 0 Å². The second kappa shape index (κ2) is 6.33. The van der Waals surface area contributed by atoms with Crippen LogP contribution in [0.2, 0.25) is 0 Å². The smallest absolute Gasteiger partial charge is 0.161 e. The lowest BCUT2D eigenvalue weighted by molar-refractivity contribution is 0.288. The zero-order valence-corrected chi connectivity index (χ0v) is 12.3. The molecule has 0 aliphatic heterocycles. The van der Waals surface area contributed by atoms with Crippen LogP contribution in [0.3, 0.4) is 0 Å². The van der Waals surface area contributed by atoms with Crippen LogP contribution in [0.5, 0.6) is 11.5 Å². The number of hydrogen-bond acceptors (Lipinski definition) is 3. The summed E-state index contributed by atoms with van der Waals surface area (Å²) in [5.41, 5.74) is 10.0. The molecule has 0 aromatic heterocycles. The predicted molar refractivity (Wildman–Crippen MR) is 83.4 cm³/mol. The van der Waals surface area contributed by atoms with Crippen LogP contribution < -0.4 is 15.2 Å². The minimum atomic E-state index is 0.611. The SMILES string of the molecule is CCOc1ccc(-c2cc(N)ccc2C)cc1OCC. The zero-order valence-electron chi connectivity index (χ0n) is 12.3. The molecule has 0 aliphatic carbocycles. The second-order valence-corrected chi connectivity index (χ2v) is 4.60. The van der Waals surface area contributed by atoms with Gasteiger partial charge in [0.2, 0.25) is 0 Å². The van der Waals surface area contributed by atoms with Gasteiger partial charge in [0.25, 0.3) is 0 Å². The van der Waals surface area contributed by atoms with Crippen molar-refractivity contribution in [1.29, 1.82) is 0 Å². The fourth-order valence-electron chi connectivity index (χ4n) is 2.17. The number of nitrogen functional groups attached to an aromatic ring is 1. The molecule has 106 valence electrons. The van der Waals surface area contributed by atoms with Crippen LogP contribution in [-0.4, -0.2) is 13.2 Å². The molecule has 0 atom stereocenters. The summed E-state index contributed by atoms with van der Waals surface area (Å²) >= 11 is 0. The summed E-state index contributed by atoms with van der Waals surface area (Å²) in [6, 6.07) is 11.9. The van der Waals surface area contributed by atoms with Gasteiger partial charge in [0.15, 0.2) is 11.5 Å². The lowest BCUT2D eigenvalue weighted by Gasteiger charge is -2.14. The molecule has 0 unspecified atom stereocenters. The van der Waals surface area contributed by atoms with Crippen LogP contribution in [0.25, 0.3) is 11.1 Å². The number of aryl methyl sites for hydroxylation is 1. The second-order valence-electron chi connectivity index (χ2n) is 4.60. The van der Waals surface area contributed by atoms with Crippen molar-refractivity contribution in [2.24, 2.45) is 0 Å². The number of anilines is 1.